The highest BCUT2D eigenvalue weighted by Gasteiger charge is 2.47. The van der Waals surface area contributed by atoms with E-state index in [0.29, 0.717) is 18.4 Å². The number of phenolic OH excluding ortho intramolecular Hbond substituents is 1. The number of carbonyl (C=O) groups is 2. The van der Waals surface area contributed by atoms with Crippen LogP contribution in [0.15, 0.2) is 48.0 Å². The fourth-order valence-corrected chi connectivity index (χ4v) is 4.22. The van der Waals surface area contributed by atoms with E-state index in [4.69, 9.17) is 18.9 Å². The Balaban J connectivity index is 1.90. The maximum atomic E-state index is 13.4. The minimum Gasteiger partial charge on any atom is -0.504 e. The number of carbonyl (C=O) groups excluding carboxylic acids is 2. The summed E-state index contributed by atoms with van der Waals surface area (Å²) in [4.78, 5) is 25.0. The zero-order valence-corrected chi connectivity index (χ0v) is 21.6. The molecule has 2 aromatic rings. The highest BCUT2D eigenvalue weighted by molar-refractivity contribution is 5.94. The first-order chi connectivity index (χ1) is 18.1. The molecule has 0 aliphatic carbocycles. The van der Waals surface area contributed by atoms with Crippen molar-refractivity contribution < 1.29 is 49.0 Å². The molecule has 10 nitrogen and oxygen atoms in total. The van der Waals surface area contributed by atoms with Gasteiger partial charge in [-0.2, -0.15) is 0 Å². The lowest BCUT2D eigenvalue weighted by molar-refractivity contribution is -0.284. The van der Waals surface area contributed by atoms with Gasteiger partial charge in [0.1, 0.15) is 6.10 Å². The van der Waals surface area contributed by atoms with Gasteiger partial charge >= 0.3 is 11.9 Å². The summed E-state index contributed by atoms with van der Waals surface area (Å²) in [6.07, 6.45) is -3.88. The summed E-state index contributed by atoms with van der Waals surface area (Å²) in [5.74, 6) is -1.38. The molecule has 206 valence electrons. The minimum atomic E-state index is -1.63. The third kappa shape index (κ3) is 7.55. The zero-order valence-electron chi connectivity index (χ0n) is 21.6. The highest BCUT2D eigenvalue weighted by Crippen LogP contribution is 2.29. The first-order valence-corrected chi connectivity index (χ1v) is 12.3. The molecule has 1 fully saturated rings. The maximum absolute atomic E-state index is 13.4. The molecule has 3 rings (SSSR count). The highest BCUT2D eigenvalue weighted by atomic mass is 16.7. The number of aromatic hydroxyl groups is 1. The number of aryl methyl sites for hydroxylation is 1. The lowest BCUT2D eigenvalue weighted by atomic mass is 9.98. The van der Waals surface area contributed by atoms with Crippen LogP contribution >= 0.6 is 0 Å². The van der Waals surface area contributed by atoms with Crippen LogP contribution in [0, 0.1) is 0 Å². The summed E-state index contributed by atoms with van der Waals surface area (Å²) in [5, 5.41) is 40.1. The van der Waals surface area contributed by atoms with E-state index in [1.54, 1.807) is 18.2 Å². The van der Waals surface area contributed by atoms with Crippen LogP contribution in [0.3, 0.4) is 0 Å². The second kappa shape index (κ2) is 13.4. The molecule has 0 bridgehead atoms. The maximum Gasteiger partial charge on any atom is 0.334 e. The molecule has 1 aliphatic heterocycles. The van der Waals surface area contributed by atoms with Gasteiger partial charge in [-0.15, -0.1) is 0 Å². The molecule has 0 saturated carbocycles. The van der Waals surface area contributed by atoms with Crippen molar-refractivity contribution in [3.05, 3.63) is 64.7 Å². The van der Waals surface area contributed by atoms with Crippen molar-refractivity contribution in [3.63, 3.8) is 0 Å². The Kier molecular flexibility index (Phi) is 10.3. The van der Waals surface area contributed by atoms with Crippen molar-refractivity contribution in [3.8, 4) is 11.5 Å². The van der Waals surface area contributed by atoms with Crippen LogP contribution < -0.4 is 4.74 Å². The van der Waals surface area contributed by atoms with Gasteiger partial charge in [0.05, 0.1) is 13.2 Å². The Hall–Kier alpha value is -3.44. The van der Waals surface area contributed by atoms with Gasteiger partial charge in [-0.05, 0) is 61.1 Å². The summed E-state index contributed by atoms with van der Waals surface area (Å²) in [5.41, 5.74) is 2.65. The lowest BCUT2D eigenvalue weighted by Crippen LogP contribution is -2.59. The number of aliphatic hydroxyl groups excluding tert-OH is 3. The normalized spacial score (nSPS) is 23.5. The van der Waals surface area contributed by atoms with E-state index >= 15 is 0 Å². The van der Waals surface area contributed by atoms with Gasteiger partial charge in [0, 0.05) is 19.1 Å². The van der Waals surface area contributed by atoms with Gasteiger partial charge in [-0.25, -0.2) is 4.79 Å². The molecule has 10 heteroatoms. The zero-order chi connectivity index (χ0) is 27.8. The molecule has 38 heavy (non-hydrogen) atoms. The summed E-state index contributed by atoms with van der Waals surface area (Å²) < 4.78 is 21.2. The molecule has 0 radical (unpaired) electrons. The molecule has 0 aromatic heterocycles. The first kappa shape index (κ1) is 29.1. The summed E-state index contributed by atoms with van der Waals surface area (Å²) in [6.45, 7) is 2.66. The molecular formula is C28H34O10. The number of methoxy groups -OCH3 is 1. The standard InChI is InChI=1S/C28H34O10/c1-16-24(32)25(37-17(2)30)26(28(34)36-16)38-27(33)21(14-20-8-10-22(31)23(15-20)35-3)9-7-18-5-4-6-19(13-18)11-12-29/h4-6,8,10,13-16,24-26,28-29,31-32,34H,7,9,11-12H2,1-3H3/b21-14+/t16-,24-,25+,26+,28+/m0/s1. The monoisotopic (exact) mass is 530 g/mol. The molecule has 0 amide bonds. The number of rotatable bonds is 10. The molecule has 1 saturated heterocycles. The molecular weight excluding hydrogens is 496 g/mol. The van der Waals surface area contributed by atoms with Crippen LogP contribution in [0.4, 0.5) is 0 Å². The summed E-state index contributed by atoms with van der Waals surface area (Å²) >= 11 is 0. The number of hydrogen-bond acceptors (Lipinski definition) is 10. The van der Waals surface area contributed by atoms with Crippen molar-refractivity contribution >= 4 is 18.0 Å². The number of hydrogen-bond donors (Lipinski definition) is 4. The van der Waals surface area contributed by atoms with Crippen molar-refractivity contribution in [1.82, 2.24) is 0 Å². The van der Waals surface area contributed by atoms with E-state index in [1.165, 1.54) is 20.1 Å². The number of ether oxygens (including phenoxy) is 4. The van der Waals surface area contributed by atoms with Gasteiger partial charge < -0.3 is 39.4 Å². The molecule has 1 heterocycles. The lowest BCUT2D eigenvalue weighted by Gasteiger charge is -2.40. The van der Waals surface area contributed by atoms with Crippen molar-refractivity contribution in [2.45, 2.75) is 63.8 Å². The Bertz CT molecular complexity index is 1140. The molecule has 2 aromatic carbocycles. The Morgan fingerprint density at radius 2 is 1.74 bits per heavy atom. The largest absolute Gasteiger partial charge is 0.504 e. The van der Waals surface area contributed by atoms with Crippen molar-refractivity contribution in [2.75, 3.05) is 13.7 Å². The fraction of sp³-hybridized carbons (Fsp3) is 0.429. The molecule has 1 aliphatic rings. The molecule has 4 N–H and O–H groups in total. The molecule has 5 atom stereocenters. The number of aliphatic hydroxyl groups is 3. The Labute approximate surface area is 221 Å². The molecule has 0 spiro atoms. The van der Waals surface area contributed by atoms with Crippen LogP contribution in [0.5, 0.6) is 11.5 Å². The Morgan fingerprint density at radius 3 is 2.39 bits per heavy atom. The predicted molar refractivity (Wildman–Crippen MR) is 136 cm³/mol. The quantitative estimate of drug-likeness (QED) is 0.265. The second-order valence-electron chi connectivity index (χ2n) is 9.06. The summed E-state index contributed by atoms with van der Waals surface area (Å²) in [6, 6.07) is 12.2. The predicted octanol–water partition coefficient (Wildman–Crippen LogP) is 1.89. The van der Waals surface area contributed by atoms with Gasteiger partial charge in [-0.3, -0.25) is 4.79 Å². The Morgan fingerprint density at radius 1 is 1.03 bits per heavy atom. The third-order valence-electron chi connectivity index (χ3n) is 6.20. The summed E-state index contributed by atoms with van der Waals surface area (Å²) in [7, 11) is 1.41. The van der Waals surface area contributed by atoms with Gasteiger partial charge in [0.15, 0.2) is 30.0 Å². The van der Waals surface area contributed by atoms with Crippen molar-refractivity contribution in [1.29, 1.82) is 0 Å². The van der Waals surface area contributed by atoms with Crippen LogP contribution in [-0.2, 0) is 36.6 Å². The van der Waals surface area contributed by atoms with E-state index in [-0.39, 0.29) is 30.1 Å². The van der Waals surface area contributed by atoms with Crippen LogP contribution in [0.25, 0.3) is 6.08 Å². The van der Waals surface area contributed by atoms with E-state index < -0.39 is 42.6 Å². The van der Waals surface area contributed by atoms with Crippen molar-refractivity contribution in [2.24, 2.45) is 0 Å². The van der Waals surface area contributed by atoms with E-state index in [9.17, 15) is 30.0 Å². The third-order valence-corrected chi connectivity index (χ3v) is 6.20. The van der Waals surface area contributed by atoms with Crippen LogP contribution in [-0.4, -0.2) is 76.8 Å². The average Bonchev–Trinajstić information content (AvgIpc) is 2.88. The topological polar surface area (TPSA) is 152 Å². The van der Waals surface area contributed by atoms with Gasteiger partial charge in [0.2, 0.25) is 0 Å². The van der Waals surface area contributed by atoms with Gasteiger partial charge in [-0.1, -0.05) is 30.3 Å². The SMILES string of the molecule is COc1cc(/C=C(\CCc2cccc(CCO)c2)C(=O)O[C@@H]2[C@H](OC(C)=O)[C@@H](O)[C@H](C)O[C@H]2O)ccc1O. The van der Waals surface area contributed by atoms with E-state index in [1.807, 2.05) is 24.3 Å². The van der Waals surface area contributed by atoms with Crippen LogP contribution in [0.2, 0.25) is 0 Å². The average molecular weight is 531 g/mol. The smallest absolute Gasteiger partial charge is 0.334 e. The fourth-order valence-electron chi connectivity index (χ4n) is 4.22. The first-order valence-electron chi connectivity index (χ1n) is 12.3. The van der Waals surface area contributed by atoms with Gasteiger partial charge in [0.25, 0.3) is 0 Å². The van der Waals surface area contributed by atoms with Crippen LogP contribution in [0.1, 0.15) is 37.0 Å². The van der Waals surface area contributed by atoms with E-state index in [2.05, 4.69) is 0 Å². The number of benzene rings is 2. The second-order valence-corrected chi connectivity index (χ2v) is 9.06. The molecule has 0 unspecified atom stereocenters. The number of phenols is 1. The minimum absolute atomic E-state index is 0.0172. The number of esters is 2. The van der Waals surface area contributed by atoms with E-state index in [0.717, 1.165) is 18.1 Å².